The van der Waals surface area contributed by atoms with Crippen molar-refractivity contribution in [3.05, 3.63) is 12.2 Å². The van der Waals surface area contributed by atoms with Gasteiger partial charge in [-0.25, -0.2) is 0 Å². The zero-order valence-corrected chi connectivity index (χ0v) is 10.4. The maximum Gasteiger partial charge on any atom is 0.244 e. The van der Waals surface area contributed by atoms with Crippen LogP contribution >= 0.6 is 0 Å². The van der Waals surface area contributed by atoms with Crippen molar-refractivity contribution in [2.75, 3.05) is 19.6 Å². The Labute approximate surface area is 97.5 Å². The number of ketones is 1. The van der Waals surface area contributed by atoms with E-state index in [1.54, 1.807) is 13.8 Å². The predicted molar refractivity (Wildman–Crippen MR) is 65.2 cm³/mol. The summed E-state index contributed by atoms with van der Waals surface area (Å²) in [5.74, 6) is -0.304. The number of nitrogens with one attached hydrogen (secondary N) is 2. The van der Waals surface area contributed by atoms with Gasteiger partial charge < -0.3 is 10.6 Å². The van der Waals surface area contributed by atoms with E-state index >= 15 is 0 Å². The van der Waals surface area contributed by atoms with Crippen LogP contribution in [-0.2, 0) is 9.59 Å². The van der Waals surface area contributed by atoms with Crippen LogP contribution in [0, 0.1) is 5.92 Å². The van der Waals surface area contributed by atoms with Crippen molar-refractivity contribution in [1.82, 2.24) is 10.6 Å². The van der Waals surface area contributed by atoms with Gasteiger partial charge in [0.15, 0.2) is 5.78 Å². The summed E-state index contributed by atoms with van der Waals surface area (Å²) >= 11 is 0. The summed E-state index contributed by atoms with van der Waals surface area (Å²) in [7, 11) is 0. The second-order valence-corrected chi connectivity index (χ2v) is 3.93. The third-order valence-corrected chi connectivity index (χ3v) is 2.00. The Balaban J connectivity index is 3.62. The molecule has 0 aliphatic heterocycles. The average molecular weight is 226 g/mol. The number of rotatable bonds is 8. The lowest BCUT2D eigenvalue weighted by molar-refractivity contribution is -0.119. The highest BCUT2D eigenvalue weighted by Gasteiger charge is 2.02. The molecule has 2 N–H and O–H groups in total. The minimum atomic E-state index is -0.215. The first-order valence-corrected chi connectivity index (χ1v) is 5.78. The van der Waals surface area contributed by atoms with Crippen LogP contribution in [-0.4, -0.2) is 31.3 Å². The summed E-state index contributed by atoms with van der Waals surface area (Å²) in [5.41, 5.74) is 0. The molecule has 0 fully saturated rings. The minimum absolute atomic E-state index is 0.0285. The van der Waals surface area contributed by atoms with E-state index in [9.17, 15) is 9.59 Å². The van der Waals surface area contributed by atoms with Gasteiger partial charge in [-0.15, -0.1) is 0 Å². The number of carbonyl (C=O) groups is 2. The highest BCUT2D eigenvalue weighted by atomic mass is 16.1. The van der Waals surface area contributed by atoms with Crippen LogP contribution in [0.3, 0.4) is 0 Å². The average Bonchev–Trinajstić information content (AvgIpc) is 2.25. The number of hydrogen-bond donors (Lipinski definition) is 2. The molecule has 0 aromatic carbocycles. The van der Waals surface area contributed by atoms with Gasteiger partial charge >= 0.3 is 0 Å². The van der Waals surface area contributed by atoms with Gasteiger partial charge in [0.2, 0.25) is 5.91 Å². The van der Waals surface area contributed by atoms with E-state index < -0.39 is 0 Å². The first kappa shape index (κ1) is 14.8. The molecule has 4 nitrogen and oxygen atoms in total. The van der Waals surface area contributed by atoms with Crippen LogP contribution < -0.4 is 10.6 Å². The summed E-state index contributed by atoms with van der Waals surface area (Å²) in [6.07, 6.45) is 3.71. The molecule has 0 rings (SSSR count). The molecule has 0 bridgehead atoms. The lowest BCUT2D eigenvalue weighted by Crippen LogP contribution is -2.31. The van der Waals surface area contributed by atoms with E-state index in [4.69, 9.17) is 0 Å². The zero-order chi connectivity index (χ0) is 12.4. The molecule has 0 aliphatic carbocycles. The molecule has 0 saturated heterocycles. The first-order chi connectivity index (χ1) is 7.57. The molecule has 0 aromatic rings. The second kappa shape index (κ2) is 9.09. The molecule has 0 spiro atoms. The Hall–Kier alpha value is -1.16. The Kier molecular flexibility index (Phi) is 8.43. The van der Waals surface area contributed by atoms with Gasteiger partial charge in [0.1, 0.15) is 0 Å². The third kappa shape index (κ3) is 8.17. The quantitative estimate of drug-likeness (QED) is 0.477. The largest absolute Gasteiger partial charge is 0.351 e. The van der Waals surface area contributed by atoms with Gasteiger partial charge in [0.05, 0.1) is 0 Å². The van der Waals surface area contributed by atoms with Crippen LogP contribution in [0.5, 0.6) is 0 Å². The van der Waals surface area contributed by atoms with Gasteiger partial charge in [0, 0.05) is 25.1 Å². The van der Waals surface area contributed by atoms with Crippen LogP contribution in [0.4, 0.5) is 0 Å². The molecular formula is C12H22N2O2. The number of carbonyl (C=O) groups excluding carboxylic acids is 2. The van der Waals surface area contributed by atoms with E-state index in [0.717, 1.165) is 19.5 Å². The smallest absolute Gasteiger partial charge is 0.244 e. The molecular weight excluding hydrogens is 204 g/mol. The number of hydrogen-bond acceptors (Lipinski definition) is 3. The van der Waals surface area contributed by atoms with Crippen molar-refractivity contribution in [2.45, 2.75) is 27.2 Å². The van der Waals surface area contributed by atoms with Crippen molar-refractivity contribution in [2.24, 2.45) is 5.92 Å². The van der Waals surface area contributed by atoms with Crippen molar-refractivity contribution in [1.29, 1.82) is 0 Å². The van der Waals surface area contributed by atoms with E-state index in [2.05, 4.69) is 17.6 Å². The van der Waals surface area contributed by atoms with Crippen LogP contribution in [0.1, 0.15) is 27.2 Å². The molecule has 0 aromatic heterocycles. The monoisotopic (exact) mass is 226 g/mol. The van der Waals surface area contributed by atoms with E-state index in [-0.39, 0.29) is 17.6 Å². The van der Waals surface area contributed by atoms with Gasteiger partial charge in [0.25, 0.3) is 0 Å². The molecule has 1 amide bonds. The molecule has 0 unspecified atom stereocenters. The highest BCUT2D eigenvalue weighted by Crippen LogP contribution is 1.94. The fourth-order valence-corrected chi connectivity index (χ4v) is 0.985. The van der Waals surface area contributed by atoms with Gasteiger partial charge in [-0.05, 0) is 19.0 Å². The summed E-state index contributed by atoms with van der Waals surface area (Å²) < 4.78 is 0. The lowest BCUT2D eigenvalue weighted by Gasteiger charge is -2.03. The SMILES string of the molecule is CCCNCCNC(=O)/C=C\C(=O)C(C)C. The molecule has 4 heteroatoms. The topological polar surface area (TPSA) is 58.2 Å². The molecule has 0 aliphatic rings. The number of allylic oxidation sites excluding steroid dienone is 1. The summed E-state index contributed by atoms with van der Waals surface area (Å²) in [6.45, 7) is 7.99. The maximum absolute atomic E-state index is 11.2. The molecule has 16 heavy (non-hydrogen) atoms. The minimum Gasteiger partial charge on any atom is -0.351 e. The van der Waals surface area contributed by atoms with Gasteiger partial charge in [-0.1, -0.05) is 20.8 Å². The zero-order valence-electron chi connectivity index (χ0n) is 10.4. The first-order valence-electron chi connectivity index (χ1n) is 5.78. The van der Waals surface area contributed by atoms with Crippen LogP contribution in [0.15, 0.2) is 12.2 Å². The standard InChI is InChI=1S/C12H22N2O2/c1-4-7-13-8-9-14-12(16)6-5-11(15)10(2)3/h5-6,10,13H,4,7-9H2,1-3H3,(H,14,16)/b6-5-. The van der Waals surface area contributed by atoms with E-state index in [0.29, 0.717) is 6.54 Å². The molecule has 0 saturated carbocycles. The summed E-state index contributed by atoms with van der Waals surface area (Å²) in [5, 5.41) is 5.86. The van der Waals surface area contributed by atoms with Crippen molar-refractivity contribution in [3.63, 3.8) is 0 Å². The normalized spacial score (nSPS) is 11.0. The van der Waals surface area contributed by atoms with E-state index in [1.165, 1.54) is 12.2 Å². The van der Waals surface area contributed by atoms with Crippen LogP contribution in [0.2, 0.25) is 0 Å². The molecule has 92 valence electrons. The Morgan fingerprint density at radius 1 is 1.12 bits per heavy atom. The summed E-state index contributed by atoms with van der Waals surface area (Å²) in [6, 6.07) is 0. The Bertz CT molecular complexity index is 247. The number of amides is 1. The van der Waals surface area contributed by atoms with Crippen molar-refractivity contribution in [3.8, 4) is 0 Å². The van der Waals surface area contributed by atoms with Crippen LogP contribution in [0.25, 0.3) is 0 Å². The fraction of sp³-hybridized carbons (Fsp3) is 0.667. The van der Waals surface area contributed by atoms with Gasteiger partial charge in [-0.2, -0.15) is 0 Å². The highest BCUT2D eigenvalue weighted by molar-refractivity contribution is 5.98. The lowest BCUT2D eigenvalue weighted by atomic mass is 10.1. The predicted octanol–water partition coefficient (Wildman–Crippen LogP) is 0.883. The van der Waals surface area contributed by atoms with Crippen molar-refractivity contribution < 1.29 is 9.59 Å². The Morgan fingerprint density at radius 2 is 1.81 bits per heavy atom. The third-order valence-electron chi connectivity index (χ3n) is 2.00. The fourth-order valence-electron chi connectivity index (χ4n) is 0.985. The Morgan fingerprint density at radius 3 is 2.38 bits per heavy atom. The second-order valence-electron chi connectivity index (χ2n) is 3.93. The van der Waals surface area contributed by atoms with E-state index in [1.807, 2.05) is 0 Å². The maximum atomic E-state index is 11.2. The molecule has 0 heterocycles. The van der Waals surface area contributed by atoms with Gasteiger partial charge in [-0.3, -0.25) is 9.59 Å². The molecule has 0 radical (unpaired) electrons. The van der Waals surface area contributed by atoms with Crippen molar-refractivity contribution >= 4 is 11.7 Å². The summed E-state index contributed by atoms with van der Waals surface area (Å²) in [4.78, 5) is 22.4. The molecule has 0 atom stereocenters.